The zero-order valence-electron chi connectivity index (χ0n) is 14.4. The van der Waals surface area contributed by atoms with Crippen molar-refractivity contribution in [1.29, 1.82) is 0 Å². The molecule has 0 unspecified atom stereocenters. The Morgan fingerprint density at radius 3 is 2.35 bits per heavy atom. The molecule has 2 rings (SSSR count). The summed E-state index contributed by atoms with van der Waals surface area (Å²) < 4.78 is 57.1. The van der Waals surface area contributed by atoms with E-state index in [0.29, 0.717) is 5.56 Å². The van der Waals surface area contributed by atoms with Gasteiger partial charge in [-0.1, -0.05) is 44.2 Å². The molecule has 2 aromatic carbocycles. The number of carbonyl (C=O) groups is 1. The van der Waals surface area contributed by atoms with Crippen LogP contribution in [0.1, 0.15) is 25.0 Å². The maximum absolute atomic E-state index is 13.4. The van der Waals surface area contributed by atoms with Crippen molar-refractivity contribution in [2.24, 2.45) is 0 Å². The molecule has 140 valence electrons. The first-order valence-electron chi connectivity index (χ1n) is 7.91. The van der Waals surface area contributed by atoms with Gasteiger partial charge in [-0.05, 0) is 23.8 Å². The van der Waals surface area contributed by atoms with Gasteiger partial charge in [0.1, 0.15) is 0 Å². The maximum Gasteiger partial charge on any atom is 0.416 e. The van der Waals surface area contributed by atoms with Crippen molar-refractivity contribution < 1.29 is 27.1 Å². The summed E-state index contributed by atoms with van der Waals surface area (Å²) in [5.74, 6) is -1.11. The number of ether oxygens (including phenoxy) is 1. The Balaban J connectivity index is 1.95. The van der Waals surface area contributed by atoms with Crippen LogP contribution in [0.2, 0.25) is 0 Å². The van der Waals surface area contributed by atoms with Crippen LogP contribution in [0.15, 0.2) is 48.5 Å². The molecule has 0 aliphatic rings. The minimum atomic E-state index is -4.43. The molecular weight excluding hydrogens is 350 g/mol. The highest BCUT2D eigenvalue weighted by Crippen LogP contribution is 2.32. The van der Waals surface area contributed by atoms with E-state index in [1.165, 1.54) is 24.3 Å². The molecule has 0 atom stereocenters. The first kappa shape index (κ1) is 19.8. The number of carbonyl (C=O) groups excluding carboxylic acids is 1. The highest BCUT2D eigenvalue weighted by Gasteiger charge is 2.32. The average molecular weight is 369 g/mol. The molecule has 0 fully saturated rings. The number of alkyl halides is 3. The average Bonchev–Trinajstić information content (AvgIpc) is 2.59. The van der Waals surface area contributed by atoms with Gasteiger partial charge in [-0.2, -0.15) is 13.2 Å². The first-order chi connectivity index (χ1) is 12.1. The third kappa shape index (κ3) is 5.21. The van der Waals surface area contributed by atoms with E-state index >= 15 is 0 Å². The molecule has 1 N–H and O–H groups in total. The fraction of sp³-hybridized carbons (Fsp3) is 0.316. The molecule has 0 aliphatic heterocycles. The van der Waals surface area contributed by atoms with Crippen LogP contribution in [0.3, 0.4) is 0 Å². The number of nitrogens with one attached hydrogen (secondary N) is 1. The Labute approximate surface area is 149 Å². The largest absolute Gasteiger partial charge is 0.481 e. The maximum atomic E-state index is 13.4. The minimum Gasteiger partial charge on any atom is -0.481 e. The minimum absolute atomic E-state index is 0.0419. The summed E-state index contributed by atoms with van der Waals surface area (Å²) in [6.07, 6.45) is -4.43. The van der Waals surface area contributed by atoms with Gasteiger partial charge < -0.3 is 10.1 Å². The van der Waals surface area contributed by atoms with E-state index < -0.39 is 28.9 Å². The lowest BCUT2D eigenvalue weighted by Crippen LogP contribution is -2.39. The lowest BCUT2D eigenvalue weighted by molar-refractivity contribution is -0.137. The molecule has 0 saturated carbocycles. The highest BCUT2D eigenvalue weighted by molar-refractivity contribution is 5.77. The smallest absolute Gasteiger partial charge is 0.416 e. The predicted octanol–water partition coefficient (Wildman–Crippen LogP) is 4.32. The Bertz CT molecular complexity index is 772. The molecular formula is C19H19F4NO2. The molecule has 3 nitrogen and oxygen atoms in total. The van der Waals surface area contributed by atoms with Gasteiger partial charge in [0.05, 0.1) is 5.56 Å². The van der Waals surface area contributed by atoms with Crippen LogP contribution in [0.4, 0.5) is 17.6 Å². The Morgan fingerprint density at radius 1 is 1.04 bits per heavy atom. The number of benzene rings is 2. The number of rotatable bonds is 6. The van der Waals surface area contributed by atoms with Crippen molar-refractivity contribution in [2.45, 2.75) is 25.4 Å². The van der Waals surface area contributed by atoms with Crippen LogP contribution in [0.5, 0.6) is 5.75 Å². The Kier molecular flexibility index (Phi) is 5.90. The van der Waals surface area contributed by atoms with Crippen LogP contribution < -0.4 is 10.1 Å². The molecule has 0 radical (unpaired) electrons. The van der Waals surface area contributed by atoms with Crippen LogP contribution in [-0.4, -0.2) is 19.1 Å². The molecule has 1 amide bonds. The number of para-hydroxylation sites is 1. The van der Waals surface area contributed by atoms with E-state index in [4.69, 9.17) is 4.74 Å². The highest BCUT2D eigenvalue weighted by atomic mass is 19.4. The van der Waals surface area contributed by atoms with E-state index in [0.717, 1.165) is 12.1 Å². The molecule has 26 heavy (non-hydrogen) atoms. The summed E-state index contributed by atoms with van der Waals surface area (Å²) in [6, 6.07) is 10.7. The molecule has 2 aromatic rings. The van der Waals surface area contributed by atoms with Crippen molar-refractivity contribution in [3.05, 3.63) is 65.5 Å². The van der Waals surface area contributed by atoms with E-state index in [2.05, 4.69) is 5.32 Å². The lowest BCUT2D eigenvalue weighted by atomic mass is 9.83. The van der Waals surface area contributed by atoms with Gasteiger partial charge >= 0.3 is 6.18 Å². The van der Waals surface area contributed by atoms with Crippen LogP contribution in [0.25, 0.3) is 0 Å². The monoisotopic (exact) mass is 369 g/mol. The molecule has 0 saturated heterocycles. The molecule has 0 aliphatic carbocycles. The van der Waals surface area contributed by atoms with Gasteiger partial charge in [-0.3, -0.25) is 4.79 Å². The number of hydrogen-bond acceptors (Lipinski definition) is 2. The van der Waals surface area contributed by atoms with Gasteiger partial charge in [-0.25, -0.2) is 4.39 Å². The zero-order chi connectivity index (χ0) is 19.4. The standard InChI is InChI=1S/C19H19F4NO2/c1-18(2,13-6-5-7-14(10-13)19(21,22)23)12-24-17(25)11-26-16-9-4-3-8-15(16)20/h3-10H,11-12H2,1-2H3,(H,24,25). The molecule has 7 heteroatoms. The van der Waals surface area contributed by atoms with Crippen LogP contribution in [0, 0.1) is 5.82 Å². The topological polar surface area (TPSA) is 38.3 Å². The molecule has 0 aromatic heterocycles. The van der Waals surface area contributed by atoms with Crippen molar-refractivity contribution in [2.75, 3.05) is 13.2 Å². The second-order valence-corrected chi connectivity index (χ2v) is 6.46. The van der Waals surface area contributed by atoms with E-state index in [9.17, 15) is 22.4 Å². The third-order valence-electron chi connectivity index (χ3n) is 3.89. The summed E-state index contributed by atoms with van der Waals surface area (Å²) in [7, 11) is 0. The summed E-state index contributed by atoms with van der Waals surface area (Å²) in [6.45, 7) is 3.16. The fourth-order valence-corrected chi connectivity index (χ4v) is 2.29. The normalized spacial score (nSPS) is 11.9. The van der Waals surface area contributed by atoms with Crippen LogP contribution in [-0.2, 0) is 16.4 Å². The van der Waals surface area contributed by atoms with Gasteiger partial charge in [0.25, 0.3) is 5.91 Å². The predicted molar refractivity (Wildman–Crippen MR) is 89.4 cm³/mol. The van der Waals surface area contributed by atoms with Gasteiger partial charge in [0.2, 0.25) is 0 Å². The second kappa shape index (κ2) is 7.76. The fourth-order valence-electron chi connectivity index (χ4n) is 2.29. The van der Waals surface area contributed by atoms with Gasteiger partial charge in [0.15, 0.2) is 18.2 Å². The molecule has 0 heterocycles. The van der Waals surface area contributed by atoms with Crippen molar-refractivity contribution in [3.63, 3.8) is 0 Å². The quantitative estimate of drug-likeness (QED) is 0.771. The summed E-state index contributed by atoms with van der Waals surface area (Å²) in [4.78, 5) is 11.9. The number of amides is 1. The van der Waals surface area contributed by atoms with E-state index in [-0.39, 0.29) is 18.9 Å². The summed E-state index contributed by atoms with van der Waals surface area (Å²) in [5, 5.41) is 2.60. The van der Waals surface area contributed by atoms with E-state index in [1.54, 1.807) is 26.0 Å². The third-order valence-corrected chi connectivity index (χ3v) is 3.89. The summed E-state index contributed by atoms with van der Waals surface area (Å²) >= 11 is 0. The molecule has 0 bridgehead atoms. The lowest BCUT2D eigenvalue weighted by Gasteiger charge is -2.26. The second-order valence-electron chi connectivity index (χ2n) is 6.46. The van der Waals surface area contributed by atoms with Crippen LogP contribution >= 0.6 is 0 Å². The van der Waals surface area contributed by atoms with Gasteiger partial charge in [-0.15, -0.1) is 0 Å². The van der Waals surface area contributed by atoms with Crippen molar-refractivity contribution in [1.82, 2.24) is 5.32 Å². The molecule has 0 spiro atoms. The SMILES string of the molecule is CC(C)(CNC(=O)COc1ccccc1F)c1cccc(C(F)(F)F)c1. The number of hydrogen-bond donors (Lipinski definition) is 1. The Hall–Kier alpha value is -2.57. The summed E-state index contributed by atoms with van der Waals surface area (Å²) in [5.41, 5.74) is -1.02. The van der Waals surface area contributed by atoms with E-state index in [1.807, 2.05) is 0 Å². The Morgan fingerprint density at radius 2 is 1.69 bits per heavy atom. The number of halogens is 4. The van der Waals surface area contributed by atoms with Crippen molar-refractivity contribution in [3.8, 4) is 5.75 Å². The van der Waals surface area contributed by atoms with Gasteiger partial charge in [0, 0.05) is 12.0 Å². The van der Waals surface area contributed by atoms with Crippen molar-refractivity contribution >= 4 is 5.91 Å². The zero-order valence-corrected chi connectivity index (χ0v) is 14.4. The first-order valence-corrected chi connectivity index (χ1v) is 7.91.